The Kier molecular flexibility index (Phi) is 7.40. The number of carbonyl (C=O) groups is 1. The number of para-hydroxylation sites is 2. The fourth-order valence-electron chi connectivity index (χ4n) is 2.58. The Morgan fingerprint density at radius 2 is 2.04 bits per heavy atom. The number of anilines is 1. The molecule has 0 aliphatic heterocycles. The molecule has 2 rings (SSSR count). The summed E-state index contributed by atoms with van der Waals surface area (Å²) in [5.41, 5.74) is 1.19. The van der Waals surface area contributed by atoms with Gasteiger partial charge in [-0.25, -0.2) is 4.39 Å². The average Bonchev–Trinajstić information content (AvgIpc) is 2.58. The number of hydrogen-bond donors (Lipinski definition) is 1. The first kappa shape index (κ1) is 19.4. The van der Waals surface area contributed by atoms with Gasteiger partial charge in [-0.2, -0.15) is 0 Å². The molecule has 0 fully saturated rings. The smallest absolute Gasteiger partial charge is 0.238 e. The molecular formula is C19H22BrFN2O2. The zero-order valence-electron chi connectivity index (χ0n) is 14.4. The van der Waals surface area contributed by atoms with Gasteiger partial charge < -0.3 is 10.1 Å². The van der Waals surface area contributed by atoms with Gasteiger partial charge in [0, 0.05) is 16.6 Å². The Bertz CT molecular complexity index is 724. The highest BCUT2D eigenvalue weighted by Crippen LogP contribution is 2.23. The van der Waals surface area contributed by atoms with Crippen molar-refractivity contribution in [2.45, 2.75) is 19.9 Å². The third-order valence-corrected chi connectivity index (χ3v) is 4.18. The van der Waals surface area contributed by atoms with Gasteiger partial charge in [0.1, 0.15) is 11.6 Å². The van der Waals surface area contributed by atoms with E-state index >= 15 is 0 Å². The van der Waals surface area contributed by atoms with Crippen molar-refractivity contribution in [1.82, 2.24) is 4.90 Å². The lowest BCUT2D eigenvalue weighted by Crippen LogP contribution is -2.33. The minimum absolute atomic E-state index is 0.159. The SMILES string of the molecule is CCCN(CC(=O)Nc1ccccc1OC)Cc1cc(Br)ccc1F. The summed E-state index contributed by atoms with van der Waals surface area (Å²) < 4.78 is 20.0. The lowest BCUT2D eigenvalue weighted by molar-refractivity contribution is -0.117. The van der Waals surface area contributed by atoms with E-state index in [-0.39, 0.29) is 18.3 Å². The van der Waals surface area contributed by atoms with Crippen LogP contribution in [0, 0.1) is 5.82 Å². The zero-order chi connectivity index (χ0) is 18.2. The van der Waals surface area contributed by atoms with Crippen LogP contribution in [0.5, 0.6) is 5.75 Å². The first-order valence-electron chi connectivity index (χ1n) is 8.12. The van der Waals surface area contributed by atoms with Crippen LogP contribution >= 0.6 is 15.9 Å². The summed E-state index contributed by atoms with van der Waals surface area (Å²) in [4.78, 5) is 14.3. The van der Waals surface area contributed by atoms with Crippen molar-refractivity contribution in [3.8, 4) is 5.75 Å². The molecule has 0 bridgehead atoms. The van der Waals surface area contributed by atoms with E-state index in [0.29, 0.717) is 30.1 Å². The maximum atomic E-state index is 14.0. The highest BCUT2D eigenvalue weighted by atomic mass is 79.9. The number of rotatable bonds is 8. The van der Waals surface area contributed by atoms with Crippen LogP contribution in [0.25, 0.3) is 0 Å². The van der Waals surface area contributed by atoms with Gasteiger partial charge in [-0.15, -0.1) is 0 Å². The summed E-state index contributed by atoms with van der Waals surface area (Å²) in [7, 11) is 1.56. The summed E-state index contributed by atoms with van der Waals surface area (Å²) in [6, 6.07) is 12.1. The van der Waals surface area contributed by atoms with E-state index in [1.165, 1.54) is 6.07 Å². The van der Waals surface area contributed by atoms with Crippen molar-refractivity contribution in [2.24, 2.45) is 0 Å². The molecule has 0 spiro atoms. The third kappa shape index (κ3) is 5.83. The van der Waals surface area contributed by atoms with E-state index in [0.717, 1.165) is 10.9 Å². The van der Waals surface area contributed by atoms with Crippen molar-refractivity contribution in [2.75, 3.05) is 25.5 Å². The van der Waals surface area contributed by atoms with E-state index in [4.69, 9.17) is 4.74 Å². The standard InChI is InChI=1S/C19H22BrFN2O2/c1-3-10-23(12-14-11-15(20)8-9-16(14)21)13-19(24)22-17-6-4-5-7-18(17)25-2/h4-9,11H,3,10,12-13H2,1-2H3,(H,22,24). The summed E-state index contributed by atoms with van der Waals surface area (Å²) in [6.07, 6.45) is 0.873. The van der Waals surface area contributed by atoms with Crippen molar-refractivity contribution >= 4 is 27.5 Å². The van der Waals surface area contributed by atoms with Crippen LogP contribution in [-0.4, -0.2) is 31.0 Å². The second kappa shape index (κ2) is 9.53. The molecule has 0 aliphatic carbocycles. The average molecular weight is 409 g/mol. The molecule has 0 radical (unpaired) electrons. The Labute approximate surface area is 156 Å². The lowest BCUT2D eigenvalue weighted by Gasteiger charge is -2.22. The maximum absolute atomic E-state index is 14.0. The van der Waals surface area contributed by atoms with Gasteiger partial charge >= 0.3 is 0 Å². The molecule has 0 saturated heterocycles. The van der Waals surface area contributed by atoms with Crippen molar-refractivity contribution in [3.63, 3.8) is 0 Å². The molecule has 0 heterocycles. The molecule has 134 valence electrons. The highest BCUT2D eigenvalue weighted by Gasteiger charge is 2.14. The predicted octanol–water partition coefficient (Wildman–Crippen LogP) is 4.45. The number of ether oxygens (including phenoxy) is 1. The van der Waals surface area contributed by atoms with E-state index < -0.39 is 0 Å². The first-order valence-corrected chi connectivity index (χ1v) is 8.92. The molecule has 1 N–H and O–H groups in total. The number of benzene rings is 2. The minimum Gasteiger partial charge on any atom is -0.495 e. The van der Waals surface area contributed by atoms with Crippen LogP contribution in [0.4, 0.5) is 10.1 Å². The van der Waals surface area contributed by atoms with Gasteiger partial charge in [0.05, 0.1) is 19.3 Å². The van der Waals surface area contributed by atoms with Crippen molar-refractivity contribution < 1.29 is 13.9 Å². The predicted molar refractivity (Wildman–Crippen MR) is 101 cm³/mol. The minimum atomic E-state index is -0.269. The number of nitrogens with zero attached hydrogens (tertiary/aromatic N) is 1. The van der Waals surface area contributed by atoms with E-state index in [2.05, 4.69) is 21.2 Å². The molecule has 0 unspecified atom stereocenters. The van der Waals surface area contributed by atoms with E-state index in [9.17, 15) is 9.18 Å². The Morgan fingerprint density at radius 1 is 1.28 bits per heavy atom. The quantitative estimate of drug-likeness (QED) is 0.701. The molecule has 6 heteroatoms. The third-order valence-electron chi connectivity index (χ3n) is 3.69. The van der Waals surface area contributed by atoms with Crippen LogP contribution < -0.4 is 10.1 Å². The molecule has 0 aromatic heterocycles. The highest BCUT2D eigenvalue weighted by molar-refractivity contribution is 9.10. The molecule has 2 aromatic carbocycles. The van der Waals surface area contributed by atoms with E-state index in [1.54, 1.807) is 31.4 Å². The molecule has 0 aliphatic rings. The number of methoxy groups -OCH3 is 1. The summed E-state index contributed by atoms with van der Waals surface area (Å²) in [6.45, 7) is 3.28. The Balaban J connectivity index is 2.05. The number of carbonyl (C=O) groups excluding carboxylic acids is 1. The zero-order valence-corrected chi connectivity index (χ0v) is 16.0. The van der Waals surface area contributed by atoms with Gasteiger partial charge in [-0.05, 0) is 43.3 Å². The molecule has 4 nitrogen and oxygen atoms in total. The Morgan fingerprint density at radius 3 is 2.76 bits per heavy atom. The monoisotopic (exact) mass is 408 g/mol. The van der Waals surface area contributed by atoms with Gasteiger partial charge in [-0.1, -0.05) is 35.0 Å². The largest absolute Gasteiger partial charge is 0.495 e. The molecule has 2 aromatic rings. The van der Waals surface area contributed by atoms with Crippen LogP contribution in [0.2, 0.25) is 0 Å². The summed E-state index contributed by atoms with van der Waals surface area (Å²) in [5, 5.41) is 2.85. The van der Waals surface area contributed by atoms with Crippen LogP contribution in [-0.2, 0) is 11.3 Å². The normalized spacial score (nSPS) is 10.8. The molecule has 25 heavy (non-hydrogen) atoms. The van der Waals surface area contributed by atoms with Crippen LogP contribution in [0.1, 0.15) is 18.9 Å². The molecular weight excluding hydrogens is 387 g/mol. The number of halogens is 2. The fourth-order valence-corrected chi connectivity index (χ4v) is 2.98. The van der Waals surface area contributed by atoms with Crippen molar-refractivity contribution in [1.29, 1.82) is 0 Å². The van der Waals surface area contributed by atoms with Gasteiger partial charge in [0.15, 0.2) is 0 Å². The lowest BCUT2D eigenvalue weighted by atomic mass is 10.2. The van der Waals surface area contributed by atoms with Gasteiger partial charge in [0.25, 0.3) is 0 Å². The summed E-state index contributed by atoms with van der Waals surface area (Å²) in [5.74, 6) is 0.179. The number of hydrogen-bond acceptors (Lipinski definition) is 3. The number of nitrogens with one attached hydrogen (secondary N) is 1. The summed E-state index contributed by atoms with van der Waals surface area (Å²) >= 11 is 3.36. The van der Waals surface area contributed by atoms with Crippen LogP contribution in [0.15, 0.2) is 46.9 Å². The van der Waals surface area contributed by atoms with Gasteiger partial charge in [0.2, 0.25) is 5.91 Å². The second-order valence-corrected chi connectivity index (χ2v) is 6.61. The number of amides is 1. The molecule has 0 saturated carbocycles. The van der Waals surface area contributed by atoms with E-state index in [1.807, 2.05) is 24.0 Å². The Hall–Kier alpha value is -1.92. The molecule has 0 atom stereocenters. The first-order chi connectivity index (χ1) is 12.0. The maximum Gasteiger partial charge on any atom is 0.238 e. The van der Waals surface area contributed by atoms with Crippen LogP contribution in [0.3, 0.4) is 0 Å². The van der Waals surface area contributed by atoms with Crippen molar-refractivity contribution in [3.05, 3.63) is 58.3 Å². The topological polar surface area (TPSA) is 41.6 Å². The van der Waals surface area contributed by atoms with Gasteiger partial charge in [-0.3, -0.25) is 9.69 Å². The second-order valence-electron chi connectivity index (χ2n) is 5.69. The molecule has 1 amide bonds. The fraction of sp³-hybridized carbons (Fsp3) is 0.316.